The number of nitrogens with two attached hydrogens (primary N) is 1. The number of nitriles is 1. The van der Waals surface area contributed by atoms with Crippen molar-refractivity contribution < 1.29 is 4.39 Å². The van der Waals surface area contributed by atoms with Crippen LogP contribution in [0.3, 0.4) is 0 Å². The molecule has 1 aromatic heterocycles. The third-order valence-corrected chi connectivity index (χ3v) is 5.74. The van der Waals surface area contributed by atoms with Crippen LogP contribution in [0.5, 0.6) is 0 Å². The fourth-order valence-corrected chi connectivity index (χ4v) is 3.56. The second-order valence-corrected chi connectivity index (χ2v) is 9.12. The van der Waals surface area contributed by atoms with Gasteiger partial charge in [0.2, 0.25) is 0 Å². The summed E-state index contributed by atoms with van der Waals surface area (Å²) in [5.74, 6) is 0.257. The molecule has 0 aliphatic heterocycles. The molecule has 3 rings (SSSR count). The first-order valence-corrected chi connectivity index (χ1v) is 12.9. The lowest BCUT2D eigenvalue weighted by Crippen LogP contribution is -2.18. The summed E-state index contributed by atoms with van der Waals surface area (Å²) in [5.41, 5.74) is 12.6. The van der Waals surface area contributed by atoms with Gasteiger partial charge in [0.05, 0.1) is 5.57 Å². The van der Waals surface area contributed by atoms with Gasteiger partial charge in [-0.2, -0.15) is 5.26 Å². The molecule has 5 nitrogen and oxygen atoms in total. The Labute approximate surface area is 232 Å². The standard InChI is InChI=1S/C30H30FN5.C3H8/c1-5-25(21(3)36-22(4)26-10-12-29(31)13-11-26)15-24(16-32)18-34-17-23-6-8-27(9-7-23)28-14-20(2)30(33)35-19-28;1-3-2/h5-15,18-19,22,34,36H,1,3,17H2,2,4H3,(H2,33,35);3H2,1-2H3/b24-18+,25-15+;. The van der Waals surface area contributed by atoms with Crippen LogP contribution < -0.4 is 16.4 Å². The number of halogens is 1. The van der Waals surface area contributed by atoms with Crippen molar-refractivity contribution in [1.29, 1.82) is 5.26 Å². The summed E-state index contributed by atoms with van der Waals surface area (Å²) < 4.78 is 13.2. The number of hydrogen-bond donors (Lipinski definition) is 3. The number of nitrogens with one attached hydrogen (secondary N) is 2. The van der Waals surface area contributed by atoms with Crippen molar-refractivity contribution in [2.45, 2.75) is 46.7 Å². The van der Waals surface area contributed by atoms with Gasteiger partial charge in [-0.15, -0.1) is 0 Å². The number of aryl methyl sites for hydroxylation is 1. The summed E-state index contributed by atoms with van der Waals surface area (Å²) in [6.07, 6.45) is 8.04. The second kappa shape index (κ2) is 15.6. The number of rotatable bonds is 10. The molecule has 0 amide bonds. The third-order valence-electron chi connectivity index (χ3n) is 5.74. The van der Waals surface area contributed by atoms with Gasteiger partial charge in [-0.1, -0.05) is 75.9 Å². The highest BCUT2D eigenvalue weighted by atomic mass is 19.1. The Bertz CT molecular complexity index is 1350. The Hall–Kier alpha value is -4.63. The summed E-state index contributed by atoms with van der Waals surface area (Å²) in [6.45, 7) is 16.6. The van der Waals surface area contributed by atoms with E-state index in [0.717, 1.165) is 27.8 Å². The van der Waals surface area contributed by atoms with Crippen molar-refractivity contribution in [2.24, 2.45) is 0 Å². The molecule has 3 aromatic rings. The average molecular weight is 524 g/mol. The predicted molar refractivity (Wildman–Crippen MR) is 161 cm³/mol. The molecule has 0 radical (unpaired) electrons. The molecule has 0 saturated carbocycles. The van der Waals surface area contributed by atoms with Crippen LogP contribution in [0.2, 0.25) is 0 Å². The lowest BCUT2D eigenvalue weighted by atomic mass is 10.0. The van der Waals surface area contributed by atoms with Gasteiger partial charge in [-0.3, -0.25) is 0 Å². The molecule has 0 saturated heterocycles. The number of benzene rings is 2. The molecule has 6 heteroatoms. The fraction of sp³-hybridized carbons (Fsp3) is 0.212. The van der Waals surface area contributed by atoms with E-state index >= 15 is 0 Å². The zero-order valence-corrected chi connectivity index (χ0v) is 23.3. The molecule has 4 N–H and O–H groups in total. The Balaban J connectivity index is 0.00000170. The second-order valence-electron chi connectivity index (χ2n) is 9.12. The topological polar surface area (TPSA) is 86.8 Å². The van der Waals surface area contributed by atoms with Gasteiger partial charge in [-0.25, -0.2) is 9.37 Å². The van der Waals surface area contributed by atoms with Crippen molar-refractivity contribution in [3.8, 4) is 17.2 Å². The van der Waals surface area contributed by atoms with Crippen LogP contribution in [0.15, 0.2) is 109 Å². The van der Waals surface area contributed by atoms with E-state index < -0.39 is 0 Å². The van der Waals surface area contributed by atoms with Crippen molar-refractivity contribution in [3.05, 3.63) is 132 Å². The molecule has 0 aliphatic carbocycles. The highest BCUT2D eigenvalue weighted by molar-refractivity contribution is 5.65. The number of nitrogen functional groups attached to an aromatic ring is 1. The van der Waals surface area contributed by atoms with Crippen LogP contribution in [0.4, 0.5) is 10.2 Å². The molecule has 0 aliphatic rings. The zero-order valence-electron chi connectivity index (χ0n) is 23.3. The van der Waals surface area contributed by atoms with Gasteiger partial charge < -0.3 is 16.4 Å². The monoisotopic (exact) mass is 523 g/mol. The molecule has 1 atom stereocenters. The highest BCUT2D eigenvalue weighted by Crippen LogP contribution is 2.22. The van der Waals surface area contributed by atoms with E-state index in [0.29, 0.717) is 29.2 Å². The summed E-state index contributed by atoms with van der Waals surface area (Å²) in [7, 11) is 0. The Morgan fingerprint density at radius 1 is 1.13 bits per heavy atom. The van der Waals surface area contributed by atoms with Crippen molar-refractivity contribution in [1.82, 2.24) is 15.6 Å². The van der Waals surface area contributed by atoms with Crippen LogP contribution in [0.1, 0.15) is 49.9 Å². The summed E-state index contributed by atoms with van der Waals surface area (Å²) in [5, 5.41) is 16.1. The van der Waals surface area contributed by atoms with Crippen molar-refractivity contribution in [3.63, 3.8) is 0 Å². The number of anilines is 1. The molecule has 0 bridgehead atoms. The largest absolute Gasteiger partial charge is 0.386 e. The minimum absolute atomic E-state index is 0.0926. The van der Waals surface area contributed by atoms with Crippen LogP contribution >= 0.6 is 0 Å². The Kier molecular flexibility index (Phi) is 12.2. The van der Waals surface area contributed by atoms with E-state index in [9.17, 15) is 9.65 Å². The quantitative estimate of drug-likeness (QED) is 0.187. The van der Waals surface area contributed by atoms with Crippen LogP contribution in [-0.4, -0.2) is 4.98 Å². The molecule has 1 unspecified atom stereocenters. The first-order chi connectivity index (χ1) is 18.7. The molecule has 0 fully saturated rings. The van der Waals surface area contributed by atoms with E-state index in [1.165, 1.54) is 18.6 Å². The first-order valence-electron chi connectivity index (χ1n) is 12.9. The summed E-state index contributed by atoms with van der Waals surface area (Å²) >= 11 is 0. The van der Waals surface area contributed by atoms with Crippen LogP contribution in [0.25, 0.3) is 11.1 Å². The van der Waals surface area contributed by atoms with E-state index in [1.807, 2.05) is 44.2 Å². The lowest BCUT2D eigenvalue weighted by molar-refractivity contribution is 0.620. The number of allylic oxidation sites excluding steroid dienone is 3. The predicted octanol–water partition coefficient (Wildman–Crippen LogP) is 7.67. The molecular weight excluding hydrogens is 485 g/mol. The van der Waals surface area contributed by atoms with Gasteiger partial charge >= 0.3 is 0 Å². The smallest absolute Gasteiger partial charge is 0.126 e. The van der Waals surface area contributed by atoms with Gasteiger partial charge in [0.1, 0.15) is 17.7 Å². The number of aromatic nitrogens is 1. The summed E-state index contributed by atoms with van der Waals surface area (Å²) in [4.78, 5) is 4.22. The Morgan fingerprint density at radius 2 is 1.77 bits per heavy atom. The van der Waals surface area contributed by atoms with E-state index in [1.54, 1.807) is 36.7 Å². The molecule has 1 heterocycles. The zero-order chi connectivity index (χ0) is 28.8. The molecule has 2 aromatic carbocycles. The first kappa shape index (κ1) is 30.6. The molecule has 202 valence electrons. The minimum atomic E-state index is -0.280. The van der Waals surface area contributed by atoms with Crippen molar-refractivity contribution >= 4 is 5.82 Å². The van der Waals surface area contributed by atoms with Crippen LogP contribution in [0, 0.1) is 24.1 Å². The highest BCUT2D eigenvalue weighted by Gasteiger charge is 2.08. The number of nitrogens with zero attached hydrogens (tertiary/aromatic N) is 2. The number of hydrogen-bond acceptors (Lipinski definition) is 5. The molecule has 39 heavy (non-hydrogen) atoms. The summed E-state index contributed by atoms with van der Waals surface area (Å²) in [6, 6.07) is 18.5. The molecular formula is C33H38FN5. The maximum atomic E-state index is 13.2. The third kappa shape index (κ3) is 9.64. The van der Waals surface area contributed by atoms with E-state index in [2.05, 4.69) is 48.7 Å². The maximum Gasteiger partial charge on any atom is 0.126 e. The normalized spacial score (nSPS) is 11.9. The van der Waals surface area contributed by atoms with Gasteiger partial charge in [0.15, 0.2) is 0 Å². The maximum absolute atomic E-state index is 13.2. The fourth-order valence-electron chi connectivity index (χ4n) is 3.56. The van der Waals surface area contributed by atoms with Gasteiger partial charge in [0.25, 0.3) is 0 Å². The van der Waals surface area contributed by atoms with Crippen molar-refractivity contribution in [2.75, 3.05) is 5.73 Å². The minimum Gasteiger partial charge on any atom is -0.386 e. The van der Waals surface area contributed by atoms with E-state index in [4.69, 9.17) is 5.73 Å². The molecule has 0 spiro atoms. The average Bonchev–Trinajstić information content (AvgIpc) is 2.93. The Morgan fingerprint density at radius 3 is 2.33 bits per heavy atom. The SMILES string of the molecule is C=C/C(=C\C(C#N)=C/NCc1ccc(-c2cnc(N)c(C)c2)cc1)C(=C)NC(C)c1ccc(F)cc1.CCC. The van der Waals surface area contributed by atoms with Gasteiger partial charge in [-0.05, 0) is 65.9 Å². The van der Waals surface area contributed by atoms with Crippen LogP contribution in [-0.2, 0) is 6.54 Å². The van der Waals surface area contributed by atoms with E-state index in [-0.39, 0.29) is 11.9 Å². The lowest BCUT2D eigenvalue weighted by Gasteiger charge is -2.18. The van der Waals surface area contributed by atoms with Gasteiger partial charge in [0, 0.05) is 36.2 Å². The number of pyridine rings is 1.